The Morgan fingerprint density at radius 1 is 1.05 bits per heavy atom. The van der Waals surface area contributed by atoms with E-state index in [1.54, 1.807) is 0 Å². The highest BCUT2D eigenvalue weighted by molar-refractivity contribution is 6.32. The Labute approximate surface area is 111 Å². The van der Waals surface area contributed by atoms with Gasteiger partial charge in [0.1, 0.15) is 0 Å². The molecule has 0 fully saturated rings. The van der Waals surface area contributed by atoms with Crippen LogP contribution in [0.25, 0.3) is 0 Å². The molecule has 1 heterocycles. The number of hydrogen-bond acceptors (Lipinski definition) is 2. The van der Waals surface area contributed by atoms with E-state index in [2.05, 4.69) is 4.98 Å². The van der Waals surface area contributed by atoms with Gasteiger partial charge in [0.15, 0.2) is 5.78 Å². The van der Waals surface area contributed by atoms with Crippen molar-refractivity contribution in [2.45, 2.75) is 6.18 Å². The maximum Gasteiger partial charge on any atom is 0.417 e. The molecule has 0 bridgehead atoms. The standard InChI is InChI=1S/C13H7ClF3NO/c14-11-7-9(1-2-10(11)13(15,16)17)12(19)8-3-5-18-6-4-8/h1-7H. The summed E-state index contributed by atoms with van der Waals surface area (Å²) in [7, 11) is 0. The van der Waals surface area contributed by atoms with Gasteiger partial charge in [-0.1, -0.05) is 17.7 Å². The van der Waals surface area contributed by atoms with Crippen LogP contribution in [0.3, 0.4) is 0 Å². The fourth-order valence-corrected chi connectivity index (χ4v) is 1.84. The molecule has 0 saturated heterocycles. The number of alkyl halides is 3. The lowest BCUT2D eigenvalue weighted by atomic mass is 10.0. The number of halogens is 4. The zero-order valence-corrected chi connectivity index (χ0v) is 10.2. The summed E-state index contributed by atoms with van der Waals surface area (Å²) in [6.45, 7) is 0. The van der Waals surface area contributed by atoms with Gasteiger partial charge in [-0.05, 0) is 24.3 Å². The van der Waals surface area contributed by atoms with E-state index in [9.17, 15) is 18.0 Å². The van der Waals surface area contributed by atoms with Gasteiger partial charge >= 0.3 is 6.18 Å². The Balaban J connectivity index is 2.38. The molecule has 0 N–H and O–H groups in total. The Kier molecular flexibility index (Phi) is 3.57. The van der Waals surface area contributed by atoms with E-state index in [1.165, 1.54) is 24.5 Å². The summed E-state index contributed by atoms with van der Waals surface area (Å²) < 4.78 is 37.6. The van der Waals surface area contributed by atoms with Crippen LogP contribution < -0.4 is 0 Å². The molecular formula is C13H7ClF3NO. The minimum atomic E-state index is -4.53. The first kappa shape index (κ1) is 13.5. The van der Waals surface area contributed by atoms with Crippen molar-refractivity contribution < 1.29 is 18.0 Å². The fourth-order valence-electron chi connectivity index (χ4n) is 1.56. The molecule has 0 radical (unpaired) electrons. The Bertz CT molecular complexity index is 611. The average molecular weight is 286 g/mol. The third-order valence-corrected chi connectivity index (χ3v) is 2.79. The third-order valence-electron chi connectivity index (χ3n) is 2.48. The van der Waals surface area contributed by atoms with Gasteiger partial charge in [-0.3, -0.25) is 9.78 Å². The van der Waals surface area contributed by atoms with E-state index in [0.29, 0.717) is 5.56 Å². The van der Waals surface area contributed by atoms with Crippen LogP contribution in [0.4, 0.5) is 13.2 Å². The number of rotatable bonds is 2. The number of pyridine rings is 1. The third kappa shape index (κ3) is 2.93. The van der Waals surface area contributed by atoms with Crippen LogP contribution in [0.2, 0.25) is 5.02 Å². The van der Waals surface area contributed by atoms with E-state index in [4.69, 9.17) is 11.6 Å². The molecule has 0 unspecified atom stereocenters. The number of ketones is 1. The average Bonchev–Trinajstić information content (AvgIpc) is 2.37. The van der Waals surface area contributed by atoms with Crippen molar-refractivity contribution in [1.29, 1.82) is 0 Å². The van der Waals surface area contributed by atoms with Crippen molar-refractivity contribution in [2.24, 2.45) is 0 Å². The van der Waals surface area contributed by atoms with Gasteiger partial charge in [0.2, 0.25) is 0 Å². The van der Waals surface area contributed by atoms with E-state index >= 15 is 0 Å². The zero-order chi connectivity index (χ0) is 14.0. The van der Waals surface area contributed by atoms with E-state index in [0.717, 1.165) is 18.2 Å². The molecule has 0 spiro atoms. The van der Waals surface area contributed by atoms with Gasteiger partial charge < -0.3 is 0 Å². The Morgan fingerprint density at radius 3 is 2.21 bits per heavy atom. The number of aromatic nitrogens is 1. The van der Waals surface area contributed by atoms with Crippen molar-refractivity contribution in [1.82, 2.24) is 4.98 Å². The van der Waals surface area contributed by atoms with Crippen molar-refractivity contribution >= 4 is 17.4 Å². The minimum Gasteiger partial charge on any atom is -0.289 e. The van der Waals surface area contributed by atoms with Gasteiger partial charge in [0.05, 0.1) is 10.6 Å². The number of hydrogen-bond donors (Lipinski definition) is 0. The fraction of sp³-hybridized carbons (Fsp3) is 0.0769. The molecule has 2 rings (SSSR count). The van der Waals surface area contributed by atoms with E-state index in [1.807, 2.05) is 0 Å². The molecule has 0 aliphatic rings. The normalized spacial score (nSPS) is 11.4. The first-order valence-electron chi connectivity index (χ1n) is 5.21. The van der Waals surface area contributed by atoms with Gasteiger partial charge in [-0.25, -0.2) is 0 Å². The molecule has 0 aliphatic carbocycles. The molecule has 6 heteroatoms. The SMILES string of the molecule is O=C(c1ccncc1)c1ccc(C(F)(F)F)c(Cl)c1. The highest BCUT2D eigenvalue weighted by Crippen LogP contribution is 2.35. The first-order valence-corrected chi connectivity index (χ1v) is 5.59. The van der Waals surface area contributed by atoms with Crippen LogP contribution >= 0.6 is 11.6 Å². The molecule has 0 saturated carbocycles. The molecular weight excluding hydrogens is 279 g/mol. The number of carbonyl (C=O) groups is 1. The minimum absolute atomic E-state index is 0.101. The van der Waals surface area contributed by atoms with Crippen molar-refractivity contribution in [3.05, 3.63) is 64.4 Å². The second kappa shape index (κ2) is 5.01. The predicted octanol–water partition coefficient (Wildman–Crippen LogP) is 3.98. The molecule has 0 aliphatic heterocycles. The number of carbonyl (C=O) groups excluding carboxylic acids is 1. The van der Waals surface area contributed by atoms with Crippen LogP contribution in [-0.4, -0.2) is 10.8 Å². The molecule has 2 aromatic rings. The first-order chi connectivity index (χ1) is 8.89. The monoisotopic (exact) mass is 285 g/mol. The van der Waals surface area contributed by atoms with Crippen molar-refractivity contribution in [3.8, 4) is 0 Å². The summed E-state index contributed by atoms with van der Waals surface area (Å²) in [5.41, 5.74) is -0.518. The summed E-state index contributed by atoms with van der Waals surface area (Å²) >= 11 is 5.56. The summed E-state index contributed by atoms with van der Waals surface area (Å²) in [4.78, 5) is 15.8. The predicted molar refractivity (Wildman–Crippen MR) is 64.1 cm³/mol. The van der Waals surface area contributed by atoms with Crippen LogP contribution in [0, 0.1) is 0 Å². The quantitative estimate of drug-likeness (QED) is 0.781. The van der Waals surface area contributed by atoms with Crippen LogP contribution in [0.1, 0.15) is 21.5 Å². The van der Waals surface area contributed by atoms with E-state index in [-0.39, 0.29) is 5.56 Å². The van der Waals surface area contributed by atoms with Gasteiger partial charge in [0.25, 0.3) is 0 Å². The lowest BCUT2D eigenvalue weighted by Crippen LogP contribution is -2.08. The summed E-state index contributed by atoms with van der Waals surface area (Å²) in [5, 5.41) is -0.493. The Hall–Kier alpha value is -1.88. The van der Waals surface area contributed by atoms with Crippen molar-refractivity contribution in [3.63, 3.8) is 0 Å². The Morgan fingerprint density at radius 2 is 1.68 bits per heavy atom. The molecule has 19 heavy (non-hydrogen) atoms. The summed E-state index contributed by atoms with van der Waals surface area (Å²) in [5.74, 6) is -0.405. The van der Waals surface area contributed by atoms with Crippen LogP contribution in [0.15, 0.2) is 42.7 Å². The van der Waals surface area contributed by atoms with Gasteiger partial charge in [0, 0.05) is 23.5 Å². The molecule has 98 valence electrons. The summed E-state index contributed by atoms with van der Waals surface area (Å²) in [6.07, 6.45) is -1.67. The lowest BCUT2D eigenvalue weighted by molar-refractivity contribution is -0.137. The maximum absolute atomic E-state index is 12.5. The molecule has 0 atom stereocenters. The summed E-state index contributed by atoms with van der Waals surface area (Å²) in [6, 6.07) is 5.89. The highest BCUT2D eigenvalue weighted by atomic mass is 35.5. The topological polar surface area (TPSA) is 30.0 Å². The molecule has 2 nitrogen and oxygen atoms in total. The smallest absolute Gasteiger partial charge is 0.289 e. The van der Waals surface area contributed by atoms with Crippen molar-refractivity contribution in [2.75, 3.05) is 0 Å². The number of nitrogens with zero attached hydrogens (tertiary/aromatic N) is 1. The molecule has 0 amide bonds. The second-order valence-corrected chi connectivity index (χ2v) is 4.16. The zero-order valence-electron chi connectivity index (χ0n) is 9.41. The van der Waals surface area contributed by atoms with E-state index < -0.39 is 22.5 Å². The van der Waals surface area contributed by atoms with Crippen LogP contribution in [-0.2, 0) is 6.18 Å². The largest absolute Gasteiger partial charge is 0.417 e. The highest BCUT2D eigenvalue weighted by Gasteiger charge is 2.33. The lowest BCUT2D eigenvalue weighted by Gasteiger charge is -2.09. The van der Waals surface area contributed by atoms with Crippen LogP contribution in [0.5, 0.6) is 0 Å². The molecule has 1 aromatic carbocycles. The van der Waals surface area contributed by atoms with Gasteiger partial charge in [-0.2, -0.15) is 13.2 Å². The second-order valence-electron chi connectivity index (χ2n) is 3.76. The maximum atomic E-state index is 12.5. The number of benzene rings is 1. The molecule has 1 aromatic heterocycles. The van der Waals surface area contributed by atoms with Gasteiger partial charge in [-0.15, -0.1) is 0 Å².